The van der Waals surface area contributed by atoms with Crippen LogP contribution in [0.15, 0.2) is 71.8 Å². The van der Waals surface area contributed by atoms with Crippen molar-refractivity contribution in [3.05, 3.63) is 83.7 Å². The Bertz CT molecular complexity index is 1360. The van der Waals surface area contributed by atoms with E-state index in [2.05, 4.69) is 4.90 Å². The first kappa shape index (κ1) is 26.5. The van der Waals surface area contributed by atoms with Crippen LogP contribution in [-0.4, -0.2) is 75.6 Å². The smallest absolute Gasteiger partial charge is 0.257 e. The highest BCUT2D eigenvalue weighted by molar-refractivity contribution is 6.05. The number of rotatable bonds is 8. The van der Waals surface area contributed by atoms with Crippen molar-refractivity contribution in [3.8, 4) is 17.2 Å². The van der Waals surface area contributed by atoms with Crippen LogP contribution in [0.3, 0.4) is 0 Å². The molecule has 0 bridgehead atoms. The number of hydrazone groups is 1. The maximum Gasteiger partial charge on any atom is 0.257 e. The second-order valence-electron chi connectivity index (χ2n) is 9.53. The third-order valence-electron chi connectivity index (χ3n) is 7.30. The van der Waals surface area contributed by atoms with Crippen LogP contribution < -0.4 is 19.1 Å². The van der Waals surface area contributed by atoms with Crippen molar-refractivity contribution in [3.63, 3.8) is 0 Å². The second kappa shape index (κ2) is 11.7. The molecule has 3 aromatic carbocycles. The molecule has 204 valence electrons. The lowest BCUT2D eigenvalue weighted by Crippen LogP contribution is -2.49. The van der Waals surface area contributed by atoms with Crippen molar-refractivity contribution in [2.45, 2.75) is 12.5 Å². The van der Waals surface area contributed by atoms with Crippen LogP contribution in [-0.2, 0) is 4.79 Å². The maximum atomic E-state index is 14.3. The van der Waals surface area contributed by atoms with Crippen molar-refractivity contribution in [1.29, 1.82) is 0 Å². The summed E-state index contributed by atoms with van der Waals surface area (Å²) in [4.78, 5) is 17.9. The Morgan fingerprint density at radius 1 is 0.897 bits per heavy atom. The quantitative estimate of drug-likeness (QED) is 0.430. The van der Waals surface area contributed by atoms with E-state index in [1.165, 1.54) is 6.07 Å². The first-order valence-corrected chi connectivity index (χ1v) is 13.0. The van der Waals surface area contributed by atoms with Gasteiger partial charge >= 0.3 is 0 Å². The first-order valence-electron chi connectivity index (χ1n) is 13.0. The number of amides is 1. The van der Waals surface area contributed by atoms with Gasteiger partial charge in [-0.2, -0.15) is 5.10 Å². The highest BCUT2D eigenvalue weighted by Gasteiger charge is 2.36. The molecule has 2 aliphatic rings. The number of hydrogen-bond acceptors (Lipinski definition) is 7. The summed E-state index contributed by atoms with van der Waals surface area (Å²) in [6.07, 6.45) is 0.497. The van der Waals surface area contributed by atoms with Gasteiger partial charge in [-0.25, -0.2) is 9.40 Å². The normalized spacial score (nSPS) is 17.6. The molecule has 0 N–H and O–H groups in total. The molecule has 0 saturated carbocycles. The van der Waals surface area contributed by atoms with E-state index >= 15 is 0 Å². The zero-order valence-corrected chi connectivity index (χ0v) is 22.5. The fourth-order valence-electron chi connectivity index (χ4n) is 5.25. The van der Waals surface area contributed by atoms with Crippen molar-refractivity contribution in [2.24, 2.45) is 5.10 Å². The molecule has 2 heterocycles. The van der Waals surface area contributed by atoms with E-state index in [1.807, 2.05) is 53.4 Å². The third-order valence-corrected chi connectivity index (χ3v) is 7.30. The second-order valence-corrected chi connectivity index (χ2v) is 9.53. The molecule has 1 atom stereocenters. The third kappa shape index (κ3) is 5.54. The van der Waals surface area contributed by atoms with Crippen LogP contribution in [0.2, 0.25) is 0 Å². The number of hydrogen-bond donors (Lipinski definition) is 0. The number of anilines is 1. The van der Waals surface area contributed by atoms with Gasteiger partial charge in [0.25, 0.3) is 5.91 Å². The number of halogens is 1. The van der Waals surface area contributed by atoms with E-state index in [9.17, 15) is 9.18 Å². The average molecular weight is 533 g/mol. The monoisotopic (exact) mass is 532 g/mol. The Kier molecular flexibility index (Phi) is 7.97. The number of benzene rings is 3. The average Bonchev–Trinajstić information content (AvgIpc) is 3.43. The minimum absolute atomic E-state index is 0.117. The number of methoxy groups -OCH3 is 3. The molecule has 1 amide bonds. The van der Waals surface area contributed by atoms with Crippen molar-refractivity contribution >= 4 is 17.3 Å². The van der Waals surface area contributed by atoms with Gasteiger partial charge in [0, 0.05) is 43.7 Å². The molecule has 0 unspecified atom stereocenters. The van der Waals surface area contributed by atoms with Gasteiger partial charge < -0.3 is 19.1 Å². The van der Waals surface area contributed by atoms with E-state index in [4.69, 9.17) is 19.3 Å². The van der Waals surface area contributed by atoms with Crippen molar-refractivity contribution < 1.29 is 23.4 Å². The Morgan fingerprint density at radius 2 is 1.62 bits per heavy atom. The van der Waals surface area contributed by atoms with Gasteiger partial charge in [-0.3, -0.25) is 9.69 Å². The predicted octanol–water partition coefficient (Wildman–Crippen LogP) is 4.35. The molecule has 3 aromatic rings. The predicted molar refractivity (Wildman–Crippen MR) is 148 cm³/mol. The lowest BCUT2D eigenvalue weighted by atomic mass is 9.97. The lowest BCUT2D eigenvalue weighted by Gasteiger charge is -2.36. The summed E-state index contributed by atoms with van der Waals surface area (Å²) in [6.45, 7) is 2.76. The van der Waals surface area contributed by atoms with Crippen LogP contribution in [0, 0.1) is 5.82 Å². The topological polar surface area (TPSA) is 66.8 Å². The van der Waals surface area contributed by atoms with Gasteiger partial charge in [-0.15, -0.1) is 0 Å². The lowest BCUT2D eigenvalue weighted by molar-refractivity contribution is -0.134. The molecule has 39 heavy (non-hydrogen) atoms. The summed E-state index contributed by atoms with van der Waals surface area (Å²) in [5.74, 6) is 1.69. The Labute approximate surface area is 228 Å². The van der Waals surface area contributed by atoms with Gasteiger partial charge in [0.15, 0.2) is 0 Å². The van der Waals surface area contributed by atoms with Gasteiger partial charge in [-0.1, -0.05) is 24.3 Å². The molecule has 1 saturated heterocycles. The number of para-hydroxylation sites is 2. The summed E-state index contributed by atoms with van der Waals surface area (Å²) in [7, 11) is 4.85. The SMILES string of the molecule is COc1ccc(OC)c([C@@H]2CC(c3ccccc3OC)=NN2C(=O)CN2CCN(c3ccccc3F)CC2)c1. The first-order chi connectivity index (χ1) is 19.0. The van der Waals surface area contributed by atoms with Gasteiger partial charge in [-0.05, 0) is 42.5 Å². The van der Waals surface area contributed by atoms with Crippen LogP contribution in [0.25, 0.3) is 0 Å². The minimum atomic E-state index is -0.373. The standard InChI is InChI=1S/C30H33FN4O4/c1-37-21-12-13-29(39-3)23(18-21)27-19-25(22-8-4-7-11-28(22)38-2)32-35(27)30(36)20-33-14-16-34(17-15-33)26-10-6-5-9-24(26)31/h4-13,18,27H,14-17,19-20H2,1-3H3/t27-/m0/s1. The van der Waals surface area contributed by atoms with Gasteiger partial charge in [0.05, 0.1) is 45.3 Å². The molecule has 8 nitrogen and oxygen atoms in total. The minimum Gasteiger partial charge on any atom is -0.497 e. The van der Waals surface area contributed by atoms with E-state index < -0.39 is 0 Å². The fourth-order valence-corrected chi connectivity index (χ4v) is 5.25. The molecule has 5 rings (SSSR count). The largest absolute Gasteiger partial charge is 0.497 e. The zero-order chi connectivity index (χ0) is 27.4. The molecule has 0 aromatic heterocycles. The fraction of sp³-hybridized carbons (Fsp3) is 0.333. The van der Waals surface area contributed by atoms with Crippen LogP contribution >= 0.6 is 0 Å². The Morgan fingerprint density at radius 3 is 2.33 bits per heavy atom. The van der Waals surface area contributed by atoms with Crippen LogP contribution in [0.5, 0.6) is 17.2 Å². The molecule has 0 spiro atoms. The number of carbonyl (C=O) groups excluding carboxylic acids is 1. The molecule has 0 aliphatic carbocycles. The Hall–Kier alpha value is -4.11. The number of ether oxygens (including phenoxy) is 3. The van der Waals surface area contributed by atoms with E-state index in [-0.39, 0.29) is 24.3 Å². The van der Waals surface area contributed by atoms with Gasteiger partial charge in [0.1, 0.15) is 23.1 Å². The van der Waals surface area contributed by atoms with E-state index in [0.29, 0.717) is 55.5 Å². The van der Waals surface area contributed by atoms with Gasteiger partial charge in [0.2, 0.25) is 0 Å². The highest BCUT2D eigenvalue weighted by Crippen LogP contribution is 2.40. The summed E-state index contributed by atoms with van der Waals surface area (Å²) in [6, 6.07) is 19.7. The Balaban J connectivity index is 1.39. The van der Waals surface area contributed by atoms with Crippen LogP contribution in [0.4, 0.5) is 10.1 Å². The molecule has 0 radical (unpaired) electrons. The molecule has 9 heteroatoms. The number of nitrogens with zero attached hydrogens (tertiary/aromatic N) is 4. The van der Waals surface area contributed by atoms with E-state index in [0.717, 1.165) is 16.8 Å². The molecular weight excluding hydrogens is 499 g/mol. The summed E-state index contributed by atoms with van der Waals surface area (Å²) < 4.78 is 31.0. The molecule has 1 fully saturated rings. The maximum absolute atomic E-state index is 14.3. The van der Waals surface area contributed by atoms with E-state index in [1.54, 1.807) is 38.5 Å². The number of carbonyl (C=O) groups is 1. The molecule has 2 aliphatic heterocycles. The molecular formula is C30H33FN4O4. The van der Waals surface area contributed by atoms with Crippen molar-refractivity contribution in [2.75, 3.05) is 59.0 Å². The summed E-state index contributed by atoms with van der Waals surface area (Å²) in [5, 5.41) is 6.40. The van der Waals surface area contributed by atoms with Crippen molar-refractivity contribution in [1.82, 2.24) is 9.91 Å². The summed E-state index contributed by atoms with van der Waals surface area (Å²) in [5.41, 5.74) is 3.03. The number of piperazine rings is 1. The highest BCUT2D eigenvalue weighted by atomic mass is 19.1. The summed E-state index contributed by atoms with van der Waals surface area (Å²) >= 11 is 0. The van der Waals surface area contributed by atoms with Crippen LogP contribution in [0.1, 0.15) is 23.6 Å². The zero-order valence-electron chi connectivity index (χ0n) is 22.5.